The molecule has 1 aromatic heterocycles. The summed E-state index contributed by atoms with van der Waals surface area (Å²) in [6, 6.07) is 16.7. The summed E-state index contributed by atoms with van der Waals surface area (Å²) in [5.41, 5.74) is 3.36. The predicted molar refractivity (Wildman–Crippen MR) is 178 cm³/mol. The second kappa shape index (κ2) is 17.0. The maximum absolute atomic E-state index is 13.4. The molecule has 4 N–H and O–H groups in total. The topological polar surface area (TPSA) is 91.0 Å². The van der Waals surface area contributed by atoms with E-state index >= 15 is 0 Å². The third kappa shape index (κ3) is 13.4. The first-order valence-corrected chi connectivity index (χ1v) is 16.0. The molecule has 7 nitrogen and oxygen atoms in total. The van der Waals surface area contributed by atoms with Crippen molar-refractivity contribution < 1.29 is 18.0 Å². The van der Waals surface area contributed by atoms with Crippen molar-refractivity contribution in [3.63, 3.8) is 0 Å². The molecule has 0 aliphatic carbocycles. The minimum Gasteiger partial charge on any atom is -0.385 e. The molecule has 1 heterocycles. The van der Waals surface area contributed by atoms with Crippen molar-refractivity contribution >= 4 is 28.9 Å². The number of unbranched alkanes of at least 4 members (excludes halogenated alkanes) is 3. The van der Waals surface area contributed by atoms with Gasteiger partial charge < -0.3 is 21.3 Å². The number of aromatic nitrogens is 2. The lowest BCUT2D eigenvalue weighted by Gasteiger charge is -2.19. The third-order valence-corrected chi connectivity index (χ3v) is 7.45. The molecule has 1 unspecified atom stereocenters. The number of halogens is 3. The Bertz CT molecular complexity index is 1320. The summed E-state index contributed by atoms with van der Waals surface area (Å²) >= 11 is 0. The fourth-order valence-electron chi connectivity index (χ4n) is 4.72. The van der Waals surface area contributed by atoms with E-state index in [9.17, 15) is 18.0 Å². The first-order valence-electron chi connectivity index (χ1n) is 16.0. The van der Waals surface area contributed by atoms with Gasteiger partial charge in [0.05, 0.1) is 6.42 Å². The van der Waals surface area contributed by atoms with Crippen LogP contribution in [0.4, 0.5) is 36.2 Å². The van der Waals surface area contributed by atoms with E-state index in [4.69, 9.17) is 0 Å². The van der Waals surface area contributed by atoms with Crippen LogP contribution in [0.1, 0.15) is 107 Å². The summed E-state index contributed by atoms with van der Waals surface area (Å²) in [4.78, 5) is 21.5. The highest BCUT2D eigenvalue weighted by Crippen LogP contribution is 2.33. The van der Waals surface area contributed by atoms with Gasteiger partial charge in [-0.25, -0.2) is 9.97 Å². The van der Waals surface area contributed by atoms with Crippen LogP contribution in [0.5, 0.6) is 0 Å². The first-order chi connectivity index (χ1) is 21.3. The standard InChI is InChI=1S/C35H49F3N6O/c1-6-8-9-10-20-39-28-15-11-25(12-16-28)24-41-30-22-31(44-32(43-30)26(7-2)23-35(36,37)38)42-29-17-13-27(14-18-29)33(45)40-21-19-34(3,4)5/h11-18,22,26,39H,6-10,19-21,23-24H2,1-5H3,(H,40,45)(H2,41,42,43,44). The average molecular weight is 627 g/mol. The van der Waals surface area contributed by atoms with Crippen LogP contribution >= 0.6 is 0 Å². The highest BCUT2D eigenvalue weighted by atomic mass is 19.4. The van der Waals surface area contributed by atoms with Gasteiger partial charge in [-0.2, -0.15) is 13.2 Å². The van der Waals surface area contributed by atoms with Crippen LogP contribution in [-0.2, 0) is 6.54 Å². The van der Waals surface area contributed by atoms with Crippen LogP contribution in [0.25, 0.3) is 0 Å². The summed E-state index contributed by atoms with van der Waals surface area (Å²) in [7, 11) is 0. The largest absolute Gasteiger partial charge is 0.389 e. The molecule has 3 aromatic rings. The number of nitrogens with one attached hydrogen (secondary N) is 4. The van der Waals surface area contributed by atoms with Gasteiger partial charge in [0.25, 0.3) is 5.91 Å². The molecule has 2 aromatic carbocycles. The number of benzene rings is 2. The lowest BCUT2D eigenvalue weighted by atomic mass is 9.92. The van der Waals surface area contributed by atoms with Gasteiger partial charge in [-0.15, -0.1) is 0 Å². The van der Waals surface area contributed by atoms with E-state index in [-0.39, 0.29) is 23.6 Å². The molecule has 0 aliphatic heterocycles. The molecular weight excluding hydrogens is 577 g/mol. The number of alkyl halides is 3. The van der Waals surface area contributed by atoms with Crippen LogP contribution in [0.15, 0.2) is 54.6 Å². The van der Waals surface area contributed by atoms with Crippen molar-refractivity contribution in [3.05, 3.63) is 71.5 Å². The Hall–Kier alpha value is -3.82. The highest BCUT2D eigenvalue weighted by Gasteiger charge is 2.33. The zero-order valence-electron chi connectivity index (χ0n) is 27.3. The minimum absolute atomic E-state index is 0.122. The molecule has 0 radical (unpaired) electrons. The summed E-state index contributed by atoms with van der Waals surface area (Å²) in [5, 5.41) is 12.8. The number of hydrogen-bond acceptors (Lipinski definition) is 6. The molecule has 3 rings (SSSR count). The number of carbonyl (C=O) groups is 1. The van der Waals surface area contributed by atoms with Crippen LogP contribution in [0, 0.1) is 5.41 Å². The van der Waals surface area contributed by atoms with Crippen molar-refractivity contribution in [2.45, 2.75) is 98.2 Å². The predicted octanol–water partition coefficient (Wildman–Crippen LogP) is 9.44. The van der Waals surface area contributed by atoms with E-state index < -0.39 is 18.5 Å². The lowest BCUT2D eigenvalue weighted by molar-refractivity contribution is -0.139. The van der Waals surface area contributed by atoms with Gasteiger partial charge >= 0.3 is 6.18 Å². The molecular formula is C35H49F3N6O. The van der Waals surface area contributed by atoms with Crippen LogP contribution < -0.4 is 21.3 Å². The van der Waals surface area contributed by atoms with Gasteiger partial charge in [0, 0.05) is 48.6 Å². The molecule has 0 bridgehead atoms. The van der Waals surface area contributed by atoms with Crippen molar-refractivity contribution in [2.75, 3.05) is 29.0 Å². The highest BCUT2D eigenvalue weighted by molar-refractivity contribution is 5.94. The Labute approximate surface area is 266 Å². The fraction of sp³-hybridized carbons (Fsp3) is 0.514. The van der Waals surface area contributed by atoms with Gasteiger partial charge in [-0.3, -0.25) is 4.79 Å². The van der Waals surface area contributed by atoms with Crippen LogP contribution in [0.3, 0.4) is 0 Å². The summed E-state index contributed by atoms with van der Waals surface area (Å²) in [6.45, 7) is 12.2. The monoisotopic (exact) mass is 626 g/mol. The minimum atomic E-state index is -4.34. The molecule has 0 spiro atoms. The van der Waals surface area contributed by atoms with Gasteiger partial charge in [0.2, 0.25) is 0 Å². The molecule has 0 fully saturated rings. The summed E-state index contributed by atoms with van der Waals surface area (Å²) < 4.78 is 40.1. The zero-order valence-corrected chi connectivity index (χ0v) is 27.3. The number of rotatable bonds is 17. The van der Waals surface area contributed by atoms with Gasteiger partial charge in [-0.1, -0.05) is 66.0 Å². The summed E-state index contributed by atoms with van der Waals surface area (Å²) in [6.07, 6.45) is 0.563. The molecule has 1 amide bonds. The molecule has 10 heteroatoms. The number of hydrogen-bond donors (Lipinski definition) is 4. The van der Waals surface area contributed by atoms with Gasteiger partial charge in [-0.05, 0) is 66.6 Å². The Balaban J connectivity index is 1.71. The van der Waals surface area contributed by atoms with E-state index in [2.05, 4.69) is 58.9 Å². The normalized spacial score (nSPS) is 12.4. The van der Waals surface area contributed by atoms with Crippen molar-refractivity contribution in [3.8, 4) is 0 Å². The zero-order chi connectivity index (χ0) is 32.9. The SMILES string of the molecule is CCCCCCNc1ccc(CNc2cc(Nc3ccc(C(=O)NCCC(C)(C)C)cc3)nc(C(CC)CC(F)(F)F)n2)cc1. The van der Waals surface area contributed by atoms with E-state index in [1.807, 2.05) is 24.3 Å². The first kappa shape index (κ1) is 35.7. The van der Waals surface area contributed by atoms with E-state index in [1.54, 1.807) is 37.3 Å². The molecule has 0 saturated heterocycles. The Morgan fingerprint density at radius 3 is 2.11 bits per heavy atom. The molecule has 1 atom stereocenters. The number of carbonyl (C=O) groups excluding carboxylic acids is 1. The number of nitrogens with zero attached hydrogens (tertiary/aromatic N) is 2. The quantitative estimate of drug-likeness (QED) is 0.112. The number of anilines is 4. The molecule has 0 saturated carbocycles. The van der Waals surface area contributed by atoms with Crippen LogP contribution in [0.2, 0.25) is 0 Å². The third-order valence-electron chi connectivity index (χ3n) is 7.45. The van der Waals surface area contributed by atoms with Crippen LogP contribution in [-0.4, -0.2) is 35.1 Å². The smallest absolute Gasteiger partial charge is 0.385 e. The summed E-state index contributed by atoms with van der Waals surface area (Å²) in [5.74, 6) is -0.117. The Morgan fingerprint density at radius 2 is 1.49 bits per heavy atom. The number of amides is 1. The molecule has 45 heavy (non-hydrogen) atoms. The van der Waals surface area contributed by atoms with E-state index in [0.29, 0.717) is 36.0 Å². The second-order valence-corrected chi connectivity index (χ2v) is 12.7. The van der Waals surface area contributed by atoms with Gasteiger partial charge in [0.1, 0.15) is 17.5 Å². The fourth-order valence-corrected chi connectivity index (χ4v) is 4.72. The van der Waals surface area contributed by atoms with Crippen molar-refractivity contribution in [1.29, 1.82) is 0 Å². The molecule has 246 valence electrons. The van der Waals surface area contributed by atoms with E-state index in [1.165, 1.54) is 19.3 Å². The van der Waals surface area contributed by atoms with Gasteiger partial charge in [0.15, 0.2) is 0 Å². The van der Waals surface area contributed by atoms with Crippen molar-refractivity contribution in [2.24, 2.45) is 5.41 Å². The van der Waals surface area contributed by atoms with Crippen molar-refractivity contribution in [1.82, 2.24) is 15.3 Å². The molecule has 0 aliphatic rings. The van der Waals surface area contributed by atoms with E-state index in [0.717, 1.165) is 30.6 Å². The Kier molecular flexibility index (Phi) is 13.5. The second-order valence-electron chi connectivity index (χ2n) is 12.7. The maximum atomic E-state index is 13.4. The maximum Gasteiger partial charge on any atom is 0.389 e. The Morgan fingerprint density at radius 1 is 0.822 bits per heavy atom. The lowest BCUT2D eigenvalue weighted by Crippen LogP contribution is -2.27. The average Bonchev–Trinajstić information content (AvgIpc) is 2.98.